The van der Waals surface area contributed by atoms with Gasteiger partial charge >= 0.3 is 0 Å². The smallest absolute Gasteiger partial charge is 0.252 e. The SMILES string of the molecule is CCCCNC(=O)[C@@H](O)C(Cc1ccccc1)NC(=O)c1cc(Cl)nc2ccccc12. The summed E-state index contributed by atoms with van der Waals surface area (Å²) >= 11 is 6.11. The quantitative estimate of drug-likeness (QED) is 0.351. The molecule has 3 rings (SSSR count). The predicted molar refractivity (Wildman–Crippen MR) is 122 cm³/mol. The summed E-state index contributed by atoms with van der Waals surface area (Å²) in [5.41, 5.74) is 1.83. The van der Waals surface area contributed by atoms with Gasteiger partial charge in [0.2, 0.25) is 0 Å². The lowest BCUT2D eigenvalue weighted by atomic mass is 9.99. The van der Waals surface area contributed by atoms with Crippen LogP contribution in [0.15, 0.2) is 60.7 Å². The fraction of sp³-hybridized carbons (Fsp3) is 0.292. The number of hydrogen-bond donors (Lipinski definition) is 3. The average molecular weight is 440 g/mol. The van der Waals surface area contributed by atoms with E-state index < -0.39 is 24.0 Å². The second-order valence-corrected chi connectivity index (χ2v) is 7.76. The van der Waals surface area contributed by atoms with Crippen molar-refractivity contribution in [3.8, 4) is 0 Å². The van der Waals surface area contributed by atoms with Crippen LogP contribution in [0.3, 0.4) is 0 Å². The van der Waals surface area contributed by atoms with Crippen LogP contribution in [0.4, 0.5) is 0 Å². The highest BCUT2D eigenvalue weighted by Gasteiger charge is 2.28. The Balaban J connectivity index is 1.85. The number of nitrogens with zero attached hydrogens (tertiary/aromatic N) is 1. The van der Waals surface area contributed by atoms with Crippen LogP contribution in [0.25, 0.3) is 10.9 Å². The van der Waals surface area contributed by atoms with Crippen LogP contribution < -0.4 is 10.6 Å². The molecule has 0 saturated carbocycles. The molecular weight excluding hydrogens is 414 g/mol. The van der Waals surface area contributed by atoms with Crippen molar-refractivity contribution in [1.82, 2.24) is 15.6 Å². The van der Waals surface area contributed by atoms with E-state index in [4.69, 9.17) is 11.6 Å². The molecule has 3 N–H and O–H groups in total. The minimum absolute atomic E-state index is 0.196. The van der Waals surface area contributed by atoms with Crippen LogP contribution in [0.1, 0.15) is 35.7 Å². The molecule has 2 aromatic carbocycles. The Labute approximate surface area is 186 Å². The fourth-order valence-corrected chi connectivity index (χ4v) is 3.56. The van der Waals surface area contributed by atoms with E-state index in [9.17, 15) is 14.7 Å². The third-order valence-electron chi connectivity index (χ3n) is 5.02. The van der Waals surface area contributed by atoms with Crippen LogP contribution in [0.2, 0.25) is 5.15 Å². The molecule has 31 heavy (non-hydrogen) atoms. The molecular formula is C24H26ClN3O3. The monoisotopic (exact) mass is 439 g/mol. The zero-order valence-electron chi connectivity index (χ0n) is 17.3. The third kappa shape index (κ3) is 6.03. The Morgan fingerprint density at radius 1 is 1.10 bits per heavy atom. The van der Waals surface area contributed by atoms with Crippen molar-refractivity contribution in [3.05, 3.63) is 76.9 Å². The number of amides is 2. The van der Waals surface area contributed by atoms with Gasteiger partial charge in [-0.3, -0.25) is 9.59 Å². The fourth-order valence-electron chi connectivity index (χ4n) is 3.36. The number of para-hydroxylation sites is 1. The van der Waals surface area contributed by atoms with E-state index >= 15 is 0 Å². The Bertz CT molecular complexity index is 1040. The predicted octanol–water partition coefficient (Wildman–Crippen LogP) is 3.51. The molecule has 0 saturated heterocycles. The highest BCUT2D eigenvalue weighted by Crippen LogP contribution is 2.21. The maximum atomic E-state index is 13.2. The molecule has 0 aliphatic heterocycles. The van der Waals surface area contributed by atoms with Gasteiger partial charge in [0.1, 0.15) is 5.15 Å². The summed E-state index contributed by atoms with van der Waals surface area (Å²) in [7, 11) is 0. The average Bonchev–Trinajstić information content (AvgIpc) is 2.78. The van der Waals surface area contributed by atoms with Gasteiger partial charge in [-0.15, -0.1) is 0 Å². The first-order valence-corrected chi connectivity index (χ1v) is 10.7. The number of benzene rings is 2. The Morgan fingerprint density at radius 3 is 2.55 bits per heavy atom. The molecule has 162 valence electrons. The van der Waals surface area contributed by atoms with Gasteiger partial charge in [-0.2, -0.15) is 0 Å². The van der Waals surface area contributed by atoms with Crippen LogP contribution in [-0.2, 0) is 11.2 Å². The van der Waals surface area contributed by atoms with Crippen molar-refractivity contribution in [2.24, 2.45) is 0 Å². The van der Waals surface area contributed by atoms with E-state index in [1.54, 1.807) is 12.1 Å². The molecule has 7 heteroatoms. The molecule has 3 aromatic rings. The number of halogens is 1. The molecule has 0 aliphatic carbocycles. The molecule has 2 amide bonds. The number of unbranched alkanes of at least 4 members (excludes halogenated alkanes) is 1. The molecule has 2 atom stereocenters. The first-order chi connectivity index (χ1) is 15.0. The summed E-state index contributed by atoms with van der Waals surface area (Å²) in [6.45, 7) is 2.49. The number of pyridine rings is 1. The van der Waals surface area contributed by atoms with Gasteiger partial charge in [0.05, 0.1) is 17.1 Å². The summed E-state index contributed by atoms with van der Waals surface area (Å²) in [6.07, 6.45) is 0.641. The molecule has 6 nitrogen and oxygen atoms in total. The van der Waals surface area contributed by atoms with Crippen molar-refractivity contribution < 1.29 is 14.7 Å². The topological polar surface area (TPSA) is 91.3 Å². The number of fused-ring (bicyclic) bond motifs is 1. The minimum atomic E-state index is -1.40. The molecule has 0 bridgehead atoms. The maximum Gasteiger partial charge on any atom is 0.252 e. The molecule has 1 heterocycles. The van der Waals surface area contributed by atoms with Crippen molar-refractivity contribution in [2.75, 3.05) is 6.54 Å². The number of hydrogen-bond acceptors (Lipinski definition) is 4. The van der Waals surface area contributed by atoms with Crippen molar-refractivity contribution in [3.63, 3.8) is 0 Å². The largest absolute Gasteiger partial charge is 0.381 e. The lowest BCUT2D eigenvalue weighted by molar-refractivity contribution is -0.130. The molecule has 0 fully saturated rings. The number of aliphatic hydroxyl groups excluding tert-OH is 1. The van der Waals surface area contributed by atoms with E-state index in [1.807, 2.05) is 49.4 Å². The number of aliphatic hydroxyl groups is 1. The van der Waals surface area contributed by atoms with Crippen LogP contribution in [0.5, 0.6) is 0 Å². The zero-order valence-corrected chi connectivity index (χ0v) is 18.1. The standard InChI is InChI=1S/C24H26ClN3O3/c1-2-3-13-26-24(31)22(29)20(14-16-9-5-4-6-10-16)28-23(30)18-15-21(25)27-19-12-8-7-11-17(18)19/h4-12,15,20,22,29H,2-3,13-14H2,1H3,(H,26,31)(H,28,30)/t20?,22-/m0/s1. The first-order valence-electron chi connectivity index (χ1n) is 10.4. The molecule has 1 unspecified atom stereocenters. The summed E-state index contributed by atoms with van der Waals surface area (Å²) in [6, 6.07) is 17.3. The maximum absolute atomic E-state index is 13.2. The second kappa shape index (κ2) is 10.9. The third-order valence-corrected chi connectivity index (χ3v) is 5.22. The molecule has 0 radical (unpaired) electrons. The second-order valence-electron chi connectivity index (χ2n) is 7.37. The van der Waals surface area contributed by atoms with Crippen molar-refractivity contribution in [1.29, 1.82) is 0 Å². The molecule has 0 spiro atoms. The lowest BCUT2D eigenvalue weighted by Crippen LogP contribution is -2.51. The summed E-state index contributed by atoms with van der Waals surface area (Å²) in [5, 5.41) is 17.1. The minimum Gasteiger partial charge on any atom is -0.381 e. The number of carbonyl (C=O) groups is 2. The van der Waals surface area contributed by atoms with E-state index in [2.05, 4.69) is 15.6 Å². The van der Waals surface area contributed by atoms with Gasteiger partial charge in [-0.05, 0) is 30.5 Å². The van der Waals surface area contributed by atoms with Crippen molar-refractivity contribution in [2.45, 2.75) is 38.3 Å². The van der Waals surface area contributed by atoms with Crippen LogP contribution in [0, 0.1) is 0 Å². The normalized spacial score (nSPS) is 12.9. The lowest BCUT2D eigenvalue weighted by Gasteiger charge is -2.24. The van der Waals surface area contributed by atoms with Crippen LogP contribution in [-0.4, -0.2) is 40.6 Å². The number of nitrogens with one attached hydrogen (secondary N) is 2. The Kier molecular flexibility index (Phi) is 7.98. The van der Waals surface area contributed by atoms with Crippen molar-refractivity contribution >= 4 is 34.3 Å². The van der Waals surface area contributed by atoms with Crippen LogP contribution >= 0.6 is 11.6 Å². The van der Waals surface area contributed by atoms with Gasteiger partial charge in [-0.25, -0.2) is 4.98 Å². The number of aromatic nitrogens is 1. The van der Waals surface area contributed by atoms with E-state index in [0.717, 1.165) is 18.4 Å². The Hall–Kier alpha value is -2.96. The summed E-state index contributed by atoms with van der Waals surface area (Å²) in [5.74, 6) is -0.936. The van der Waals surface area contributed by atoms with E-state index in [1.165, 1.54) is 6.07 Å². The van der Waals surface area contributed by atoms with Gasteiger partial charge in [0.25, 0.3) is 11.8 Å². The summed E-state index contributed by atoms with van der Waals surface area (Å²) < 4.78 is 0. The highest BCUT2D eigenvalue weighted by atomic mass is 35.5. The molecule has 1 aromatic heterocycles. The van der Waals surface area contributed by atoms with Gasteiger partial charge in [0.15, 0.2) is 6.10 Å². The Morgan fingerprint density at radius 2 is 1.81 bits per heavy atom. The van der Waals surface area contributed by atoms with Gasteiger partial charge < -0.3 is 15.7 Å². The van der Waals surface area contributed by atoms with E-state index in [-0.39, 0.29) is 5.15 Å². The van der Waals surface area contributed by atoms with E-state index in [0.29, 0.717) is 29.4 Å². The first kappa shape index (κ1) is 22.7. The molecule has 0 aliphatic rings. The van der Waals surface area contributed by atoms with Gasteiger partial charge in [0, 0.05) is 11.9 Å². The number of carbonyl (C=O) groups excluding carboxylic acids is 2. The number of rotatable bonds is 9. The highest BCUT2D eigenvalue weighted by molar-refractivity contribution is 6.30. The zero-order chi connectivity index (χ0) is 22.2. The van der Waals surface area contributed by atoms with Gasteiger partial charge in [-0.1, -0.05) is 73.5 Å². The summed E-state index contributed by atoms with van der Waals surface area (Å²) in [4.78, 5) is 29.9.